The van der Waals surface area contributed by atoms with Crippen molar-refractivity contribution in [1.82, 2.24) is 20.5 Å². The highest BCUT2D eigenvalue weighted by atomic mass is 127. The number of nitrogens with one attached hydrogen (secondary N) is 2. The summed E-state index contributed by atoms with van der Waals surface area (Å²) in [6, 6.07) is 16.7. The summed E-state index contributed by atoms with van der Waals surface area (Å²) >= 11 is 2.07. The number of nitrogens with zero attached hydrogens (tertiary/aromatic N) is 3. The Labute approximate surface area is 228 Å². The van der Waals surface area contributed by atoms with Crippen LogP contribution in [0.25, 0.3) is 0 Å². The van der Waals surface area contributed by atoms with Crippen LogP contribution in [0.5, 0.6) is 5.75 Å². The molecule has 0 spiro atoms. The second-order valence-electron chi connectivity index (χ2n) is 8.13. The van der Waals surface area contributed by atoms with Gasteiger partial charge in [0, 0.05) is 23.1 Å². The van der Waals surface area contributed by atoms with Crippen LogP contribution in [0.1, 0.15) is 22.7 Å². The van der Waals surface area contributed by atoms with Gasteiger partial charge in [0.05, 0.1) is 5.69 Å². The molecule has 2 aromatic carbocycles. The van der Waals surface area contributed by atoms with Gasteiger partial charge in [-0.15, -0.1) is 5.10 Å². The van der Waals surface area contributed by atoms with E-state index < -0.39 is 29.9 Å². The highest BCUT2D eigenvalue weighted by molar-refractivity contribution is 14.1. The summed E-state index contributed by atoms with van der Waals surface area (Å²) in [6.45, 7) is 1.55. The molecule has 4 rings (SSSR count). The SMILES string of the molecule is Cc1nnc(NC(=O)N[C@@](Cc2ccccc2)(c2cccc(OC(F)(F)C(F)F)c2)c2ccc(I)cn2)o1. The van der Waals surface area contributed by atoms with Crippen LogP contribution in [-0.2, 0) is 12.0 Å². The first-order valence-electron chi connectivity index (χ1n) is 11.1. The first-order chi connectivity index (χ1) is 18.1. The number of benzene rings is 2. The van der Waals surface area contributed by atoms with E-state index in [2.05, 4.69) is 53.1 Å². The molecule has 0 fully saturated rings. The third kappa shape index (κ3) is 6.38. The molecule has 2 aromatic heterocycles. The predicted molar refractivity (Wildman–Crippen MR) is 137 cm³/mol. The molecule has 0 unspecified atom stereocenters. The second kappa shape index (κ2) is 11.3. The van der Waals surface area contributed by atoms with E-state index in [-0.39, 0.29) is 23.9 Å². The average molecular weight is 641 g/mol. The summed E-state index contributed by atoms with van der Waals surface area (Å²) < 4.78 is 63.5. The lowest BCUT2D eigenvalue weighted by molar-refractivity contribution is -0.253. The summed E-state index contributed by atoms with van der Waals surface area (Å²) in [5, 5.41) is 12.7. The van der Waals surface area contributed by atoms with Crippen LogP contribution in [0.3, 0.4) is 0 Å². The maximum Gasteiger partial charge on any atom is 0.461 e. The van der Waals surface area contributed by atoms with Gasteiger partial charge in [-0.05, 0) is 58.0 Å². The fourth-order valence-electron chi connectivity index (χ4n) is 3.75. The van der Waals surface area contributed by atoms with Crippen molar-refractivity contribution < 1.29 is 31.5 Å². The highest BCUT2D eigenvalue weighted by Gasteiger charge is 2.44. The van der Waals surface area contributed by atoms with Crippen molar-refractivity contribution in [1.29, 1.82) is 0 Å². The molecule has 38 heavy (non-hydrogen) atoms. The largest absolute Gasteiger partial charge is 0.461 e. The summed E-state index contributed by atoms with van der Waals surface area (Å²) in [5.74, 6) is -0.301. The minimum absolute atomic E-state index is 0.104. The van der Waals surface area contributed by atoms with Gasteiger partial charge in [0.2, 0.25) is 5.89 Å². The Morgan fingerprint density at radius 1 is 1.08 bits per heavy atom. The van der Waals surface area contributed by atoms with Crippen LogP contribution >= 0.6 is 22.6 Å². The van der Waals surface area contributed by atoms with Gasteiger partial charge in [-0.25, -0.2) is 4.79 Å². The number of alkyl halides is 4. The number of rotatable bonds is 9. The first-order valence-corrected chi connectivity index (χ1v) is 12.2. The van der Waals surface area contributed by atoms with Gasteiger partial charge in [0.25, 0.3) is 0 Å². The van der Waals surface area contributed by atoms with E-state index in [1.165, 1.54) is 6.07 Å². The number of carbonyl (C=O) groups is 1. The maximum absolute atomic E-state index is 13.7. The van der Waals surface area contributed by atoms with Gasteiger partial charge >= 0.3 is 24.6 Å². The highest BCUT2D eigenvalue weighted by Crippen LogP contribution is 2.36. The quantitative estimate of drug-likeness (QED) is 0.174. The number of pyridine rings is 1. The molecule has 8 nitrogen and oxygen atoms in total. The van der Waals surface area contributed by atoms with Gasteiger partial charge in [-0.3, -0.25) is 10.3 Å². The summed E-state index contributed by atoms with van der Waals surface area (Å²) in [6.07, 6.45) is -7.09. The number of aromatic nitrogens is 3. The lowest BCUT2D eigenvalue weighted by Gasteiger charge is -2.35. The van der Waals surface area contributed by atoms with Crippen molar-refractivity contribution in [2.24, 2.45) is 0 Å². The lowest BCUT2D eigenvalue weighted by Crippen LogP contribution is -2.50. The molecule has 0 saturated carbocycles. The van der Waals surface area contributed by atoms with Crippen LogP contribution in [0, 0.1) is 10.5 Å². The minimum atomic E-state index is -4.72. The van der Waals surface area contributed by atoms with Crippen molar-refractivity contribution in [3.05, 3.63) is 99.2 Å². The second-order valence-corrected chi connectivity index (χ2v) is 9.37. The van der Waals surface area contributed by atoms with Crippen molar-refractivity contribution in [2.45, 2.75) is 31.4 Å². The fraction of sp³-hybridized carbons (Fsp3) is 0.200. The van der Waals surface area contributed by atoms with Crippen molar-refractivity contribution >= 4 is 34.6 Å². The standard InChI is InChI=1S/C25H20F4IN5O3/c1-15-34-35-23(37-15)32-22(36)33-24(13-16-6-3-2-4-7-16,20-11-10-18(30)14-31-20)17-8-5-9-19(12-17)38-25(28,29)21(26)27/h2-12,14,21H,13H2,1H3,(H2,32,33,35,36)/t24-/m0/s1. The number of aryl methyl sites for hydroxylation is 1. The van der Waals surface area contributed by atoms with E-state index in [1.54, 1.807) is 43.5 Å². The predicted octanol–water partition coefficient (Wildman–Crippen LogP) is 5.92. The molecule has 198 valence electrons. The third-order valence-corrected chi connectivity index (χ3v) is 6.02. The zero-order valence-electron chi connectivity index (χ0n) is 19.7. The molecule has 2 amide bonds. The number of halogens is 5. The smallest absolute Gasteiger partial charge is 0.428 e. The number of amides is 2. The van der Waals surface area contributed by atoms with Crippen LogP contribution in [0.4, 0.5) is 28.4 Å². The minimum Gasteiger partial charge on any atom is -0.428 e. The van der Waals surface area contributed by atoms with Crippen LogP contribution < -0.4 is 15.4 Å². The van der Waals surface area contributed by atoms with Crippen LogP contribution in [-0.4, -0.2) is 33.7 Å². The normalized spacial score (nSPS) is 13.1. The molecule has 4 aromatic rings. The lowest BCUT2D eigenvalue weighted by atomic mass is 9.80. The molecule has 0 bridgehead atoms. The number of carbonyl (C=O) groups excluding carboxylic acids is 1. The number of hydrogen-bond acceptors (Lipinski definition) is 6. The van der Waals surface area contributed by atoms with Gasteiger partial charge in [0.15, 0.2) is 0 Å². The monoisotopic (exact) mass is 641 g/mol. The van der Waals surface area contributed by atoms with E-state index in [4.69, 9.17) is 4.42 Å². The van der Waals surface area contributed by atoms with Gasteiger partial charge in [0.1, 0.15) is 11.3 Å². The number of ether oxygens (including phenoxy) is 1. The Morgan fingerprint density at radius 3 is 2.47 bits per heavy atom. The van der Waals surface area contributed by atoms with Crippen molar-refractivity contribution in [3.8, 4) is 5.75 Å². The average Bonchev–Trinajstić information content (AvgIpc) is 3.28. The molecule has 13 heteroatoms. The summed E-state index contributed by atoms with van der Waals surface area (Å²) in [7, 11) is 0. The Morgan fingerprint density at radius 2 is 1.84 bits per heavy atom. The van der Waals surface area contributed by atoms with Gasteiger partial charge < -0.3 is 14.5 Å². The fourth-order valence-corrected chi connectivity index (χ4v) is 4.07. The first kappa shape index (κ1) is 27.3. The number of urea groups is 1. The van der Waals surface area contributed by atoms with E-state index in [1.807, 2.05) is 18.2 Å². The molecule has 0 aliphatic rings. The van der Waals surface area contributed by atoms with E-state index in [9.17, 15) is 22.4 Å². The molecule has 0 aliphatic carbocycles. The molecular weight excluding hydrogens is 621 g/mol. The molecule has 1 atom stereocenters. The maximum atomic E-state index is 13.7. The molecular formula is C25H20F4IN5O3. The van der Waals surface area contributed by atoms with Crippen LogP contribution in [0.2, 0.25) is 0 Å². The molecule has 2 heterocycles. The Kier molecular flexibility index (Phi) is 8.14. The Bertz CT molecular complexity index is 1390. The number of hydrogen-bond donors (Lipinski definition) is 2. The van der Waals surface area contributed by atoms with E-state index in [0.717, 1.165) is 21.3 Å². The topological polar surface area (TPSA) is 102 Å². The zero-order valence-corrected chi connectivity index (χ0v) is 21.8. The Balaban J connectivity index is 1.84. The summed E-state index contributed by atoms with van der Waals surface area (Å²) in [4.78, 5) is 17.7. The molecule has 2 N–H and O–H groups in total. The van der Waals surface area contributed by atoms with Gasteiger partial charge in [-0.1, -0.05) is 47.6 Å². The third-order valence-electron chi connectivity index (χ3n) is 5.38. The van der Waals surface area contributed by atoms with Gasteiger partial charge in [-0.2, -0.15) is 17.6 Å². The zero-order chi connectivity index (χ0) is 27.3. The molecule has 0 saturated heterocycles. The number of anilines is 1. The van der Waals surface area contributed by atoms with Crippen molar-refractivity contribution in [3.63, 3.8) is 0 Å². The molecule has 0 radical (unpaired) electrons. The molecule has 0 aliphatic heterocycles. The van der Waals surface area contributed by atoms with E-state index in [0.29, 0.717) is 5.69 Å². The Hall–Kier alpha value is -3.75. The van der Waals surface area contributed by atoms with Crippen LogP contribution in [0.15, 0.2) is 77.3 Å². The van der Waals surface area contributed by atoms with E-state index >= 15 is 0 Å². The summed E-state index contributed by atoms with van der Waals surface area (Å²) in [5.41, 5.74) is -0.137. The van der Waals surface area contributed by atoms with Crippen molar-refractivity contribution in [2.75, 3.05) is 5.32 Å².